The summed E-state index contributed by atoms with van der Waals surface area (Å²) in [5.41, 5.74) is 4.56. The minimum Gasteiger partial charge on any atom is -0.480 e. The number of nitro groups is 1. The van der Waals surface area contributed by atoms with Crippen molar-refractivity contribution in [3.63, 3.8) is 0 Å². The van der Waals surface area contributed by atoms with E-state index < -0.39 is 40.1 Å². The molecule has 0 saturated carbocycles. The Morgan fingerprint density at radius 2 is 1.94 bits per heavy atom. The fourth-order valence-corrected chi connectivity index (χ4v) is 1.01. The number of rotatable bonds is 4. The van der Waals surface area contributed by atoms with Crippen LogP contribution in [-0.4, -0.2) is 37.0 Å². The van der Waals surface area contributed by atoms with Crippen molar-refractivity contribution >= 4 is 23.4 Å². The van der Waals surface area contributed by atoms with Crippen LogP contribution >= 0.6 is 0 Å². The van der Waals surface area contributed by atoms with Gasteiger partial charge in [-0.2, -0.15) is 0 Å². The topological polar surface area (TPSA) is 170 Å². The van der Waals surface area contributed by atoms with E-state index in [1.807, 2.05) is 0 Å². The second-order valence-corrected chi connectivity index (χ2v) is 2.87. The minimum absolute atomic E-state index is 0.590. The zero-order valence-electron chi connectivity index (χ0n) is 8.10. The Morgan fingerprint density at radius 3 is 2.29 bits per heavy atom. The van der Waals surface area contributed by atoms with Crippen LogP contribution in [0.15, 0.2) is 6.20 Å². The Morgan fingerprint density at radius 1 is 1.41 bits per heavy atom. The highest BCUT2D eigenvalue weighted by Gasteiger charge is 2.32. The van der Waals surface area contributed by atoms with Crippen molar-refractivity contribution in [1.82, 2.24) is 9.97 Å². The van der Waals surface area contributed by atoms with Gasteiger partial charge >= 0.3 is 17.6 Å². The summed E-state index contributed by atoms with van der Waals surface area (Å²) in [7, 11) is 0. The van der Waals surface area contributed by atoms with E-state index in [9.17, 15) is 19.7 Å². The Bertz CT molecular complexity index is 487. The van der Waals surface area contributed by atoms with Crippen LogP contribution in [0.4, 0.5) is 11.5 Å². The van der Waals surface area contributed by atoms with E-state index in [-0.39, 0.29) is 0 Å². The molecule has 0 radical (unpaired) electrons. The number of carboxylic acid groups (broad SMARTS) is 2. The molecule has 1 heterocycles. The van der Waals surface area contributed by atoms with E-state index in [0.29, 0.717) is 6.20 Å². The number of carbonyl (C=O) groups is 2. The molecule has 1 aromatic rings. The number of aromatic nitrogens is 2. The van der Waals surface area contributed by atoms with Crippen molar-refractivity contribution in [2.24, 2.45) is 0 Å². The van der Waals surface area contributed by atoms with Gasteiger partial charge in [0, 0.05) is 0 Å². The normalized spacial score (nSPS) is 10.2. The van der Waals surface area contributed by atoms with Crippen LogP contribution in [0.25, 0.3) is 0 Å². The quantitative estimate of drug-likeness (QED) is 0.348. The average molecular weight is 242 g/mol. The van der Waals surface area contributed by atoms with Gasteiger partial charge in [0.2, 0.25) is 11.7 Å². The monoisotopic (exact) mass is 242 g/mol. The lowest BCUT2D eigenvalue weighted by Crippen LogP contribution is -2.23. The number of hydrogen-bond donors (Lipinski definition) is 3. The van der Waals surface area contributed by atoms with Crippen molar-refractivity contribution < 1.29 is 24.7 Å². The van der Waals surface area contributed by atoms with Crippen LogP contribution in [0.3, 0.4) is 0 Å². The highest BCUT2D eigenvalue weighted by atomic mass is 16.6. The number of hydrogen-bond acceptors (Lipinski definition) is 7. The van der Waals surface area contributed by atoms with E-state index >= 15 is 0 Å². The smallest absolute Gasteiger partial charge is 0.329 e. The van der Waals surface area contributed by atoms with Crippen LogP contribution in [0.1, 0.15) is 11.7 Å². The third kappa shape index (κ3) is 2.42. The molecular formula is C7H6N4O6. The Balaban J connectivity index is 3.24. The van der Waals surface area contributed by atoms with Gasteiger partial charge in [-0.3, -0.25) is 19.7 Å². The van der Waals surface area contributed by atoms with Gasteiger partial charge in [-0.05, 0) is 0 Å². The summed E-state index contributed by atoms with van der Waals surface area (Å²) in [6.45, 7) is 0. The second-order valence-electron chi connectivity index (χ2n) is 2.87. The summed E-state index contributed by atoms with van der Waals surface area (Å²) in [5.74, 6) is -6.60. The van der Waals surface area contributed by atoms with Gasteiger partial charge in [0.15, 0.2) is 5.82 Å². The highest BCUT2D eigenvalue weighted by Crippen LogP contribution is 2.20. The SMILES string of the molecule is Nc1nc(C(C(=O)O)C(=O)O)ncc1[N+](=O)[O-]. The first-order valence-electron chi connectivity index (χ1n) is 4.07. The third-order valence-corrected chi connectivity index (χ3v) is 1.77. The van der Waals surface area contributed by atoms with E-state index in [1.54, 1.807) is 0 Å². The van der Waals surface area contributed by atoms with Crippen molar-refractivity contribution in [2.75, 3.05) is 5.73 Å². The Kier molecular flexibility index (Phi) is 3.17. The summed E-state index contributed by atoms with van der Waals surface area (Å²) in [6.07, 6.45) is 0.663. The number of carboxylic acids is 2. The maximum atomic E-state index is 10.6. The Labute approximate surface area is 92.9 Å². The zero-order chi connectivity index (χ0) is 13.2. The van der Waals surface area contributed by atoms with Gasteiger partial charge in [0.05, 0.1) is 4.92 Å². The molecule has 4 N–H and O–H groups in total. The number of nitrogens with zero attached hydrogens (tertiary/aromatic N) is 3. The minimum atomic E-state index is -2.02. The largest absolute Gasteiger partial charge is 0.480 e. The van der Waals surface area contributed by atoms with Crippen LogP contribution in [-0.2, 0) is 9.59 Å². The molecule has 1 rings (SSSR count). The molecule has 0 amide bonds. The fraction of sp³-hybridized carbons (Fsp3) is 0.143. The number of nitrogens with two attached hydrogens (primary N) is 1. The molecule has 17 heavy (non-hydrogen) atoms. The molecule has 0 aliphatic rings. The third-order valence-electron chi connectivity index (χ3n) is 1.77. The van der Waals surface area contributed by atoms with E-state index in [0.717, 1.165) is 0 Å². The molecule has 0 spiro atoms. The van der Waals surface area contributed by atoms with Crippen LogP contribution < -0.4 is 5.73 Å². The van der Waals surface area contributed by atoms with Crippen molar-refractivity contribution in [1.29, 1.82) is 0 Å². The molecule has 0 aliphatic carbocycles. The molecule has 0 bridgehead atoms. The fourth-order valence-electron chi connectivity index (χ4n) is 1.01. The predicted octanol–water partition coefficient (Wildman–Crippen LogP) is -0.780. The number of anilines is 1. The summed E-state index contributed by atoms with van der Waals surface area (Å²) in [6, 6.07) is 0. The first-order valence-corrected chi connectivity index (χ1v) is 4.07. The molecule has 0 unspecified atom stereocenters. The lowest BCUT2D eigenvalue weighted by atomic mass is 10.1. The number of aliphatic carboxylic acids is 2. The molecule has 10 nitrogen and oxygen atoms in total. The lowest BCUT2D eigenvalue weighted by Gasteiger charge is -2.05. The van der Waals surface area contributed by atoms with E-state index in [4.69, 9.17) is 15.9 Å². The average Bonchev–Trinajstić information content (AvgIpc) is 2.15. The lowest BCUT2D eigenvalue weighted by molar-refractivity contribution is -0.384. The van der Waals surface area contributed by atoms with Crippen LogP contribution in [0.2, 0.25) is 0 Å². The highest BCUT2D eigenvalue weighted by molar-refractivity contribution is 5.98. The molecule has 90 valence electrons. The van der Waals surface area contributed by atoms with E-state index in [1.165, 1.54) is 0 Å². The summed E-state index contributed by atoms with van der Waals surface area (Å²) < 4.78 is 0. The molecule has 0 fully saturated rings. The van der Waals surface area contributed by atoms with Crippen molar-refractivity contribution in [3.8, 4) is 0 Å². The summed E-state index contributed by atoms with van der Waals surface area (Å²) in [5, 5.41) is 27.6. The first kappa shape index (κ1) is 12.3. The maximum absolute atomic E-state index is 10.6. The van der Waals surface area contributed by atoms with Crippen LogP contribution in [0, 0.1) is 10.1 Å². The van der Waals surface area contributed by atoms with Gasteiger partial charge < -0.3 is 15.9 Å². The molecular weight excluding hydrogens is 236 g/mol. The van der Waals surface area contributed by atoms with Gasteiger partial charge in [-0.15, -0.1) is 0 Å². The predicted molar refractivity (Wildman–Crippen MR) is 51.1 cm³/mol. The summed E-state index contributed by atoms with van der Waals surface area (Å²) >= 11 is 0. The second kappa shape index (κ2) is 4.38. The Hall–Kier alpha value is -2.78. The maximum Gasteiger partial charge on any atom is 0.329 e. The van der Waals surface area contributed by atoms with E-state index in [2.05, 4.69) is 9.97 Å². The molecule has 0 saturated heterocycles. The van der Waals surface area contributed by atoms with Crippen molar-refractivity contribution in [2.45, 2.75) is 5.92 Å². The molecule has 0 aliphatic heterocycles. The molecule has 1 aromatic heterocycles. The first-order chi connectivity index (χ1) is 7.84. The van der Waals surface area contributed by atoms with Gasteiger partial charge in [-0.1, -0.05) is 0 Å². The molecule has 10 heteroatoms. The molecule has 0 aromatic carbocycles. The number of nitrogen functional groups attached to an aromatic ring is 1. The zero-order valence-corrected chi connectivity index (χ0v) is 8.10. The van der Waals surface area contributed by atoms with Gasteiger partial charge in [-0.25, -0.2) is 9.97 Å². The van der Waals surface area contributed by atoms with Crippen molar-refractivity contribution in [3.05, 3.63) is 22.1 Å². The van der Waals surface area contributed by atoms with Crippen LogP contribution in [0.5, 0.6) is 0 Å². The summed E-state index contributed by atoms with van der Waals surface area (Å²) in [4.78, 5) is 37.4. The molecule has 0 atom stereocenters. The standard InChI is InChI=1S/C7H6N4O6/c8-4-2(11(16)17)1-9-5(10-4)3(6(12)13)7(14)15/h1,3H,(H,12,13)(H,14,15)(H2,8,9,10). The van der Waals surface area contributed by atoms with Gasteiger partial charge in [0.25, 0.3) is 0 Å². The van der Waals surface area contributed by atoms with Gasteiger partial charge in [0.1, 0.15) is 6.20 Å².